The first-order valence-corrected chi connectivity index (χ1v) is 14.6. The third-order valence-corrected chi connectivity index (χ3v) is 8.04. The molecule has 3 heterocycles. The predicted octanol–water partition coefficient (Wildman–Crippen LogP) is 8.85. The molecule has 0 radical (unpaired) electrons. The van der Waals surface area contributed by atoms with Crippen molar-refractivity contribution >= 4 is 0 Å². The van der Waals surface area contributed by atoms with Gasteiger partial charge in [0, 0.05) is 28.7 Å². The largest absolute Gasteiger partial charge is 0.489 e. The molecule has 0 N–H and O–H groups in total. The number of hydrogen-bond acceptors (Lipinski definition) is 2. The van der Waals surface area contributed by atoms with E-state index in [1.54, 1.807) is 0 Å². The molecule has 3 aromatic heterocycles. The van der Waals surface area contributed by atoms with E-state index in [1.165, 1.54) is 39.5 Å². The van der Waals surface area contributed by atoms with Crippen LogP contribution in [0.3, 0.4) is 0 Å². The van der Waals surface area contributed by atoms with E-state index >= 15 is 0 Å². The van der Waals surface area contributed by atoms with E-state index in [9.17, 15) is 0 Å². The summed E-state index contributed by atoms with van der Waals surface area (Å²) in [5, 5.41) is 0. The normalized spacial score (nSPS) is 11.9. The van der Waals surface area contributed by atoms with Crippen LogP contribution >= 0.6 is 0 Å². The molecule has 4 heteroatoms. The van der Waals surface area contributed by atoms with Crippen LogP contribution in [0, 0.1) is 27.7 Å². The Kier molecular flexibility index (Phi) is 7.78. The lowest BCUT2D eigenvalue weighted by atomic mass is 9.86. The average molecular weight is 552 g/mol. The minimum absolute atomic E-state index is 0.148. The van der Waals surface area contributed by atoms with E-state index in [1.807, 2.05) is 18.2 Å². The number of nitrogens with zero attached hydrogens (tertiary/aromatic N) is 3. The molecule has 0 bridgehead atoms. The summed E-state index contributed by atoms with van der Waals surface area (Å²) < 4.78 is 10.6. The number of benzene rings is 3. The maximum atomic E-state index is 6.07. The van der Waals surface area contributed by atoms with Crippen LogP contribution in [0.15, 0.2) is 121 Å². The van der Waals surface area contributed by atoms with Crippen molar-refractivity contribution in [2.24, 2.45) is 0 Å². The summed E-state index contributed by atoms with van der Waals surface area (Å²) in [6, 6.07) is 42.8. The van der Waals surface area contributed by atoms with Crippen molar-refractivity contribution in [3.63, 3.8) is 0 Å². The fourth-order valence-electron chi connectivity index (χ4n) is 5.82. The molecule has 0 aliphatic carbocycles. The van der Waals surface area contributed by atoms with Crippen molar-refractivity contribution in [2.75, 3.05) is 0 Å². The molecule has 210 valence electrons. The van der Waals surface area contributed by atoms with Gasteiger partial charge in [0.2, 0.25) is 0 Å². The predicted molar refractivity (Wildman–Crippen MR) is 171 cm³/mol. The van der Waals surface area contributed by atoms with Gasteiger partial charge in [-0.05, 0) is 105 Å². The summed E-state index contributed by atoms with van der Waals surface area (Å²) in [7, 11) is 0. The van der Waals surface area contributed by atoms with E-state index in [0.29, 0.717) is 6.61 Å². The fourth-order valence-corrected chi connectivity index (χ4v) is 5.82. The Bertz CT molecular complexity index is 1680. The minimum Gasteiger partial charge on any atom is -0.489 e. The second-order valence-corrected chi connectivity index (χ2v) is 11.1. The first kappa shape index (κ1) is 27.3. The van der Waals surface area contributed by atoms with Gasteiger partial charge in [0.05, 0.1) is 0 Å². The zero-order valence-corrected chi connectivity index (χ0v) is 24.8. The van der Waals surface area contributed by atoms with E-state index in [2.05, 4.69) is 140 Å². The second-order valence-electron chi connectivity index (χ2n) is 11.1. The third kappa shape index (κ3) is 5.80. The van der Waals surface area contributed by atoms with Crippen molar-refractivity contribution < 1.29 is 4.74 Å². The lowest BCUT2D eigenvalue weighted by Crippen LogP contribution is -2.12. The molecule has 0 aliphatic rings. The molecule has 0 saturated heterocycles. The van der Waals surface area contributed by atoms with Gasteiger partial charge in [-0.2, -0.15) is 0 Å². The zero-order valence-electron chi connectivity index (χ0n) is 24.8. The quantitative estimate of drug-likeness (QED) is 0.180. The van der Waals surface area contributed by atoms with Crippen molar-refractivity contribution in [3.05, 3.63) is 166 Å². The van der Waals surface area contributed by atoms with E-state index in [0.717, 1.165) is 29.4 Å². The summed E-state index contributed by atoms with van der Waals surface area (Å²) in [5.41, 5.74) is 9.64. The van der Waals surface area contributed by atoms with Gasteiger partial charge in [-0.15, -0.1) is 0 Å². The molecule has 0 spiro atoms. The molecule has 6 rings (SSSR count). The van der Waals surface area contributed by atoms with Gasteiger partial charge in [-0.25, -0.2) is 4.98 Å². The summed E-state index contributed by atoms with van der Waals surface area (Å²) in [4.78, 5) is 5.21. The Morgan fingerprint density at radius 1 is 0.548 bits per heavy atom. The lowest BCUT2D eigenvalue weighted by Gasteiger charge is -2.22. The Morgan fingerprint density at radius 3 is 1.57 bits per heavy atom. The van der Waals surface area contributed by atoms with Crippen LogP contribution in [0.25, 0.3) is 11.6 Å². The van der Waals surface area contributed by atoms with Crippen LogP contribution in [0.4, 0.5) is 0 Å². The number of hydrogen-bond donors (Lipinski definition) is 0. The zero-order chi connectivity index (χ0) is 29.1. The molecule has 0 saturated carbocycles. The first-order valence-electron chi connectivity index (χ1n) is 14.6. The fraction of sp³-hybridized carbons (Fsp3) is 0.184. The summed E-state index contributed by atoms with van der Waals surface area (Å²) in [6.07, 6.45) is 0.860. The van der Waals surface area contributed by atoms with Crippen LogP contribution < -0.4 is 4.74 Å². The van der Waals surface area contributed by atoms with Crippen molar-refractivity contribution in [2.45, 2.75) is 46.6 Å². The average Bonchev–Trinajstić information content (AvgIpc) is 3.54. The van der Waals surface area contributed by atoms with Gasteiger partial charge in [-0.3, -0.25) is 0 Å². The number of aryl methyl sites for hydroxylation is 4. The molecular formula is C38H37N3O. The van der Waals surface area contributed by atoms with E-state index in [-0.39, 0.29) is 5.92 Å². The highest BCUT2D eigenvalue weighted by molar-refractivity contribution is 5.47. The number of rotatable bonds is 9. The van der Waals surface area contributed by atoms with E-state index in [4.69, 9.17) is 9.72 Å². The molecule has 1 atom stereocenters. The molecule has 0 fully saturated rings. The van der Waals surface area contributed by atoms with Crippen LogP contribution in [0.1, 0.15) is 50.9 Å². The van der Waals surface area contributed by atoms with Gasteiger partial charge in [0.1, 0.15) is 24.0 Å². The molecule has 1 unspecified atom stereocenters. The van der Waals surface area contributed by atoms with Gasteiger partial charge in [-0.1, -0.05) is 72.8 Å². The molecular weight excluding hydrogens is 514 g/mol. The molecule has 3 aromatic carbocycles. The van der Waals surface area contributed by atoms with Crippen molar-refractivity contribution in [3.8, 4) is 17.4 Å². The Morgan fingerprint density at radius 2 is 1.05 bits per heavy atom. The second kappa shape index (κ2) is 12.0. The van der Waals surface area contributed by atoms with Gasteiger partial charge >= 0.3 is 0 Å². The maximum absolute atomic E-state index is 6.07. The van der Waals surface area contributed by atoms with Crippen molar-refractivity contribution in [1.29, 1.82) is 0 Å². The molecule has 0 aliphatic heterocycles. The topological polar surface area (TPSA) is 32.0 Å². The lowest BCUT2D eigenvalue weighted by molar-refractivity contribution is 0.306. The van der Waals surface area contributed by atoms with E-state index < -0.39 is 0 Å². The Balaban J connectivity index is 1.39. The van der Waals surface area contributed by atoms with Gasteiger partial charge in [0.15, 0.2) is 0 Å². The molecule has 42 heavy (non-hydrogen) atoms. The Labute approximate surface area is 248 Å². The van der Waals surface area contributed by atoms with Crippen LogP contribution in [0.2, 0.25) is 0 Å². The number of ether oxygens (including phenoxy) is 1. The number of pyridine rings is 1. The van der Waals surface area contributed by atoms with Gasteiger partial charge < -0.3 is 13.9 Å². The minimum atomic E-state index is 0.148. The monoisotopic (exact) mass is 551 g/mol. The standard InChI is InChI=1S/C38H37N3O/c1-27-15-16-28(2)40(27)37-24-34(25-38(39-37)41-29(3)17-18-30(41)4)36(33-13-9-6-10-14-33)23-31-19-21-35(22-20-31)42-26-32-11-7-5-8-12-32/h5-22,24-25,36H,23,26H2,1-4H3. The highest BCUT2D eigenvalue weighted by atomic mass is 16.5. The van der Waals surface area contributed by atoms with Crippen LogP contribution in [0.5, 0.6) is 5.75 Å². The first-order chi connectivity index (χ1) is 20.5. The summed E-state index contributed by atoms with van der Waals surface area (Å²) in [6.45, 7) is 9.13. The summed E-state index contributed by atoms with van der Waals surface area (Å²) in [5.74, 6) is 2.92. The summed E-state index contributed by atoms with van der Waals surface area (Å²) >= 11 is 0. The molecule has 0 amide bonds. The van der Waals surface area contributed by atoms with Gasteiger partial charge in [0.25, 0.3) is 0 Å². The number of aromatic nitrogens is 3. The Hall–Kier alpha value is -4.83. The molecule has 6 aromatic rings. The van der Waals surface area contributed by atoms with Crippen LogP contribution in [-0.2, 0) is 13.0 Å². The highest BCUT2D eigenvalue weighted by Gasteiger charge is 2.20. The smallest absolute Gasteiger partial charge is 0.139 e. The third-order valence-electron chi connectivity index (χ3n) is 8.04. The van der Waals surface area contributed by atoms with Crippen LogP contribution in [-0.4, -0.2) is 14.1 Å². The molecule has 4 nitrogen and oxygen atoms in total. The SMILES string of the molecule is Cc1ccc(C)n1-c1cc(C(Cc2ccc(OCc3ccccc3)cc2)c2ccccc2)cc(-n2c(C)ccc2C)n1. The maximum Gasteiger partial charge on any atom is 0.139 e. The highest BCUT2D eigenvalue weighted by Crippen LogP contribution is 2.32. The van der Waals surface area contributed by atoms with Crippen molar-refractivity contribution in [1.82, 2.24) is 14.1 Å².